The van der Waals surface area contributed by atoms with Crippen molar-refractivity contribution >= 4 is 42.2 Å². The third-order valence-electron chi connectivity index (χ3n) is 4.98. The number of aromatic nitrogens is 2. The van der Waals surface area contributed by atoms with Crippen LogP contribution in [0.15, 0.2) is 12.5 Å². The number of aromatic amines is 1. The van der Waals surface area contributed by atoms with Gasteiger partial charge in [0.15, 0.2) is 0 Å². The van der Waals surface area contributed by atoms with Gasteiger partial charge >= 0.3 is 5.97 Å². The Morgan fingerprint density at radius 3 is 2.56 bits per heavy atom. The summed E-state index contributed by atoms with van der Waals surface area (Å²) < 4.78 is 0. The fraction of sp³-hybridized carbons (Fsp3) is 0.556. The maximum atomic E-state index is 13.0. The van der Waals surface area contributed by atoms with Crippen molar-refractivity contribution < 1.29 is 29.1 Å². The van der Waals surface area contributed by atoms with Crippen LogP contribution < -0.4 is 22.1 Å². The molecule has 0 saturated carbocycles. The number of nitrogens with zero attached hydrogens (tertiary/aromatic N) is 2. The summed E-state index contributed by atoms with van der Waals surface area (Å²) in [5.74, 6) is -4.07. The van der Waals surface area contributed by atoms with Crippen LogP contribution in [0.1, 0.15) is 25.0 Å². The Hall–Kier alpha value is -3.13. The van der Waals surface area contributed by atoms with Crippen molar-refractivity contribution in [2.75, 3.05) is 12.3 Å². The van der Waals surface area contributed by atoms with Crippen LogP contribution in [0, 0.1) is 0 Å². The predicted molar refractivity (Wildman–Crippen MR) is 114 cm³/mol. The highest BCUT2D eigenvalue weighted by Crippen LogP contribution is 2.19. The van der Waals surface area contributed by atoms with Crippen molar-refractivity contribution in [2.24, 2.45) is 11.5 Å². The second kappa shape index (κ2) is 11.5. The van der Waals surface area contributed by atoms with Gasteiger partial charge in [0.25, 0.3) is 0 Å². The number of hydrogen-bond donors (Lipinski definition) is 7. The molecule has 32 heavy (non-hydrogen) atoms. The molecule has 1 aliphatic heterocycles. The summed E-state index contributed by atoms with van der Waals surface area (Å²) in [6.07, 6.45) is 3.15. The third-order valence-corrected chi connectivity index (χ3v) is 5.38. The Labute approximate surface area is 189 Å². The van der Waals surface area contributed by atoms with Gasteiger partial charge in [-0.1, -0.05) is 0 Å². The molecule has 1 aliphatic rings. The van der Waals surface area contributed by atoms with E-state index in [0.29, 0.717) is 25.1 Å². The summed E-state index contributed by atoms with van der Waals surface area (Å²) in [5.41, 5.74) is 11.3. The molecular weight excluding hydrogens is 442 g/mol. The molecule has 4 atom stereocenters. The number of carboxylic acid groups (broad SMARTS) is 1. The van der Waals surface area contributed by atoms with Gasteiger partial charge in [0, 0.05) is 30.6 Å². The monoisotopic (exact) mass is 469 g/mol. The number of amides is 4. The number of primary amides is 1. The largest absolute Gasteiger partial charge is 0.480 e. The molecule has 0 radical (unpaired) electrons. The number of nitrogens with one attached hydrogen (secondary N) is 3. The molecule has 1 aromatic rings. The Morgan fingerprint density at radius 1 is 1.28 bits per heavy atom. The van der Waals surface area contributed by atoms with Crippen LogP contribution in [0.25, 0.3) is 0 Å². The number of aliphatic carboxylic acids is 1. The zero-order valence-electron chi connectivity index (χ0n) is 17.2. The molecule has 4 unspecified atom stereocenters. The van der Waals surface area contributed by atoms with E-state index in [1.807, 2.05) is 0 Å². The van der Waals surface area contributed by atoms with Crippen molar-refractivity contribution in [1.82, 2.24) is 25.5 Å². The van der Waals surface area contributed by atoms with Gasteiger partial charge in [0.2, 0.25) is 23.6 Å². The first kappa shape index (κ1) is 25.1. The van der Waals surface area contributed by atoms with Gasteiger partial charge in [0.05, 0.1) is 18.8 Å². The lowest BCUT2D eigenvalue weighted by atomic mass is 10.1. The first-order valence-electron chi connectivity index (χ1n) is 9.90. The normalized spacial score (nSPS) is 18.4. The highest BCUT2D eigenvalue weighted by atomic mass is 32.1. The Bertz CT molecular complexity index is 849. The maximum absolute atomic E-state index is 13.0. The summed E-state index contributed by atoms with van der Waals surface area (Å²) in [5, 5.41) is 14.0. The highest BCUT2D eigenvalue weighted by molar-refractivity contribution is 7.80. The van der Waals surface area contributed by atoms with E-state index in [2.05, 4.69) is 33.2 Å². The molecule has 0 aliphatic carbocycles. The Morgan fingerprint density at radius 2 is 2.00 bits per heavy atom. The van der Waals surface area contributed by atoms with Crippen LogP contribution in [0.5, 0.6) is 0 Å². The van der Waals surface area contributed by atoms with E-state index >= 15 is 0 Å². The quantitative estimate of drug-likeness (QED) is 0.167. The highest BCUT2D eigenvalue weighted by Gasteiger charge is 2.38. The Kier molecular flexibility index (Phi) is 9.02. The molecular formula is C18H27N7O6S. The lowest BCUT2D eigenvalue weighted by Gasteiger charge is -2.28. The SMILES string of the molecule is NC(=O)CC(NC(=O)C(Cc1cnc[nH]1)NC(=O)C1CCCN1C(=O)C(N)CS)C(=O)O. The summed E-state index contributed by atoms with van der Waals surface area (Å²) in [4.78, 5) is 68.7. The number of hydrogen-bond acceptors (Lipinski definition) is 8. The van der Waals surface area contributed by atoms with Crippen molar-refractivity contribution in [1.29, 1.82) is 0 Å². The van der Waals surface area contributed by atoms with E-state index < -0.39 is 60.2 Å². The third kappa shape index (κ3) is 6.68. The van der Waals surface area contributed by atoms with Crippen LogP contribution in [0.4, 0.5) is 0 Å². The molecule has 8 N–H and O–H groups in total. The standard InChI is InChI=1S/C18H27N7O6S/c19-10(7-32)17(29)25-3-1-2-13(25)16(28)23-11(4-9-6-21-8-22-9)15(27)24-12(18(30)31)5-14(20)26/h6,8,10-13,32H,1-5,7,19H2,(H2,20,26)(H,21,22)(H,23,28)(H,24,27)(H,30,31). The minimum Gasteiger partial charge on any atom is -0.480 e. The number of carbonyl (C=O) groups is 5. The summed E-state index contributed by atoms with van der Waals surface area (Å²) in [7, 11) is 0. The van der Waals surface area contributed by atoms with E-state index in [9.17, 15) is 29.1 Å². The van der Waals surface area contributed by atoms with Crippen molar-refractivity contribution in [3.05, 3.63) is 18.2 Å². The van der Waals surface area contributed by atoms with Gasteiger partial charge in [-0.25, -0.2) is 9.78 Å². The topological polar surface area (TPSA) is 214 Å². The van der Waals surface area contributed by atoms with Crippen molar-refractivity contribution in [3.63, 3.8) is 0 Å². The molecule has 13 nitrogen and oxygen atoms in total. The van der Waals surface area contributed by atoms with Crippen LogP contribution in [-0.4, -0.2) is 86.0 Å². The molecule has 1 fully saturated rings. The van der Waals surface area contributed by atoms with E-state index in [0.717, 1.165) is 0 Å². The summed E-state index contributed by atoms with van der Waals surface area (Å²) in [6, 6.07) is -4.44. The molecule has 14 heteroatoms. The Balaban J connectivity index is 2.16. The van der Waals surface area contributed by atoms with E-state index in [4.69, 9.17) is 11.5 Å². The minimum atomic E-state index is -1.56. The second-order valence-corrected chi connectivity index (χ2v) is 7.76. The molecule has 4 amide bonds. The van der Waals surface area contributed by atoms with Gasteiger partial charge in [-0.2, -0.15) is 12.6 Å². The van der Waals surface area contributed by atoms with E-state index in [-0.39, 0.29) is 12.2 Å². The maximum Gasteiger partial charge on any atom is 0.326 e. The lowest BCUT2D eigenvalue weighted by Crippen LogP contribution is -2.57. The van der Waals surface area contributed by atoms with Gasteiger partial charge in [-0.3, -0.25) is 19.2 Å². The molecule has 0 spiro atoms. The average Bonchev–Trinajstić information content (AvgIpc) is 3.43. The lowest BCUT2D eigenvalue weighted by molar-refractivity contribution is -0.144. The number of rotatable bonds is 11. The smallest absolute Gasteiger partial charge is 0.326 e. The van der Waals surface area contributed by atoms with Gasteiger partial charge in [-0.05, 0) is 12.8 Å². The zero-order chi connectivity index (χ0) is 23.8. The predicted octanol–water partition coefficient (Wildman–Crippen LogP) is -2.87. The summed E-state index contributed by atoms with van der Waals surface area (Å²) in [6.45, 7) is 0.343. The second-order valence-electron chi connectivity index (χ2n) is 7.39. The van der Waals surface area contributed by atoms with Gasteiger partial charge < -0.3 is 37.1 Å². The number of H-pyrrole nitrogens is 1. The molecule has 0 bridgehead atoms. The fourth-order valence-corrected chi connectivity index (χ4v) is 3.52. The number of nitrogens with two attached hydrogens (primary N) is 2. The number of carbonyl (C=O) groups excluding carboxylic acids is 4. The summed E-state index contributed by atoms with van der Waals surface area (Å²) >= 11 is 4.02. The number of carboxylic acids is 1. The average molecular weight is 470 g/mol. The van der Waals surface area contributed by atoms with Crippen LogP contribution in [0.2, 0.25) is 0 Å². The molecule has 2 heterocycles. The first-order valence-corrected chi connectivity index (χ1v) is 10.5. The van der Waals surface area contributed by atoms with Crippen molar-refractivity contribution in [2.45, 2.75) is 49.9 Å². The molecule has 176 valence electrons. The first-order chi connectivity index (χ1) is 15.1. The number of imidazole rings is 1. The van der Waals surface area contributed by atoms with Crippen LogP contribution in [0.3, 0.4) is 0 Å². The van der Waals surface area contributed by atoms with E-state index in [1.54, 1.807) is 0 Å². The number of thiol groups is 1. The molecule has 1 saturated heterocycles. The van der Waals surface area contributed by atoms with Gasteiger partial charge in [0.1, 0.15) is 18.1 Å². The van der Waals surface area contributed by atoms with Crippen molar-refractivity contribution in [3.8, 4) is 0 Å². The van der Waals surface area contributed by atoms with Crippen LogP contribution >= 0.6 is 12.6 Å². The van der Waals surface area contributed by atoms with Crippen LogP contribution in [-0.2, 0) is 30.4 Å². The fourth-order valence-electron chi connectivity index (χ4n) is 3.36. The minimum absolute atomic E-state index is 0.0305. The molecule has 2 rings (SSSR count). The molecule has 1 aromatic heterocycles. The zero-order valence-corrected chi connectivity index (χ0v) is 18.1. The molecule has 0 aromatic carbocycles. The number of likely N-dealkylation sites (tertiary alicyclic amines) is 1. The van der Waals surface area contributed by atoms with Gasteiger partial charge in [-0.15, -0.1) is 0 Å². The van der Waals surface area contributed by atoms with E-state index in [1.165, 1.54) is 17.4 Å².